The molecule has 0 aliphatic heterocycles. The van der Waals surface area contributed by atoms with Gasteiger partial charge in [0.2, 0.25) is 0 Å². The minimum absolute atomic E-state index is 0.239. The Labute approximate surface area is 116 Å². The van der Waals surface area contributed by atoms with Crippen molar-refractivity contribution in [3.63, 3.8) is 0 Å². The topological polar surface area (TPSA) is 61.0 Å². The van der Waals surface area contributed by atoms with Crippen LogP contribution in [0.2, 0.25) is 0 Å². The Bertz CT molecular complexity index is 530. The van der Waals surface area contributed by atoms with E-state index < -0.39 is 0 Å². The van der Waals surface area contributed by atoms with Crippen molar-refractivity contribution in [2.24, 2.45) is 0 Å². The second-order valence-electron chi connectivity index (χ2n) is 4.02. The molecule has 1 atom stereocenters. The van der Waals surface area contributed by atoms with Crippen molar-refractivity contribution in [2.45, 2.75) is 32.6 Å². The lowest BCUT2D eigenvalue weighted by molar-refractivity contribution is 0.240. The van der Waals surface area contributed by atoms with Crippen LogP contribution in [-0.2, 0) is 6.61 Å². The maximum Gasteiger partial charge on any atom is 0.264 e. The maximum absolute atomic E-state index is 5.61. The molecule has 0 saturated heterocycles. The largest absolute Gasteiger partial charge is 0.482 e. The first kappa shape index (κ1) is 13.9. The maximum atomic E-state index is 5.61. The number of nitrogens with zero attached hydrogens (tertiary/aromatic N) is 3. The van der Waals surface area contributed by atoms with Gasteiger partial charge in [0.15, 0.2) is 12.4 Å². The number of rotatable bonds is 6. The van der Waals surface area contributed by atoms with Crippen molar-refractivity contribution in [3.8, 4) is 5.75 Å². The molecule has 0 aliphatic carbocycles. The van der Waals surface area contributed by atoms with Gasteiger partial charge in [-0.05, 0) is 31.7 Å². The molecule has 0 aliphatic rings. The van der Waals surface area contributed by atoms with Gasteiger partial charge in [0.25, 0.3) is 5.89 Å². The highest BCUT2D eigenvalue weighted by Crippen LogP contribution is 2.25. The molecule has 19 heavy (non-hydrogen) atoms. The fraction of sp³-hybridized carbons (Fsp3) is 0.462. The smallest absolute Gasteiger partial charge is 0.264 e. The van der Waals surface area contributed by atoms with E-state index in [0.29, 0.717) is 11.7 Å². The molecule has 102 valence electrons. The molecule has 2 aromatic rings. The number of hydrogen-bond donors (Lipinski definition) is 0. The summed E-state index contributed by atoms with van der Waals surface area (Å²) >= 11 is 1.78. The molecule has 0 spiro atoms. The van der Waals surface area contributed by atoms with Crippen LogP contribution in [-0.4, -0.2) is 20.9 Å². The molecule has 0 saturated carbocycles. The van der Waals surface area contributed by atoms with Crippen LogP contribution in [0.15, 0.2) is 22.9 Å². The Morgan fingerprint density at radius 1 is 1.47 bits per heavy atom. The highest BCUT2D eigenvalue weighted by molar-refractivity contribution is 7.99. The second kappa shape index (κ2) is 6.56. The summed E-state index contributed by atoms with van der Waals surface area (Å²) in [6, 6.07) is 3.71. The molecule has 0 fully saturated rings. The van der Waals surface area contributed by atoms with E-state index in [1.807, 2.05) is 19.1 Å². The van der Waals surface area contributed by atoms with Gasteiger partial charge in [-0.2, -0.15) is 16.7 Å². The Hall–Kier alpha value is -1.56. The average Bonchev–Trinajstić information content (AvgIpc) is 2.87. The summed E-state index contributed by atoms with van der Waals surface area (Å²) in [4.78, 5) is 8.48. The molecular formula is C13H17N3O2S. The standard InChI is InChI=1S/C13H17N3O2S/c1-4-19-10(3)13-15-12(18-16-13)8-17-11-6-5-7-14-9(11)2/h5-7,10H,4,8H2,1-3H3. The molecular weight excluding hydrogens is 262 g/mol. The Morgan fingerprint density at radius 3 is 3.05 bits per heavy atom. The third kappa shape index (κ3) is 3.70. The van der Waals surface area contributed by atoms with Crippen molar-refractivity contribution in [1.29, 1.82) is 0 Å². The van der Waals surface area contributed by atoms with Crippen LogP contribution in [0.4, 0.5) is 0 Å². The monoisotopic (exact) mass is 279 g/mol. The lowest BCUT2D eigenvalue weighted by Crippen LogP contribution is -1.99. The molecule has 0 bridgehead atoms. The predicted octanol–water partition coefficient (Wildman–Crippen LogP) is 3.17. The molecule has 2 aromatic heterocycles. The van der Waals surface area contributed by atoms with E-state index in [-0.39, 0.29) is 11.9 Å². The van der Waals surface area contributed by atoms with Crippen LogP contribution in [0.25, 0.3) is 0 Å². The summed E-state index contributed by atoms with van der Waals surface area (Å²) in [7, 11) is 0. The SMILES string of the molecule is CCSC(C)c1noc(COc2cccnc2C)n1. The van der Waals surface area contributed by atoms with Gasteiger partial charge < -0.3 is 9.26 Å². The van der Waals surface area contributed by atoms with Crippen LogP contribution < -0.4 is 4.74 Å². The van der Waals surface area contributed by atoms with Crippen LogP contribution >= 0.6 is 11.8 Å². The van der Waals surface area contributed by atoms with Gasteiger partial charge in [0.1, 0.15) is 5.75 Å². The van der Waals surface area contributed by atoms with Crippen molar-refractivity contribution in [2.75, 3.05) is 5.75 Å². The van der Waals surface area contributed by atoms with Crippen molar-refractivity contribution in [3.05, 3.63) is 35.7 Å². The highest BCUT2D eigenvalue weighted by Gasteiger charge is 2.14. The fourth-order valence-corrected chi connectivity index (χ4v) is 2.32. The van der Waals surface area contributed by atoms with E-state index in [0.717, 1.165) is 17.2 Å². The summed E-state index contributed by atoms with van der Waals surface area (Å²) in [5.74, 6) is 2.96. The number of pyridine rings is 1. The predicted molar refractivity (Wildman–Crippen MR) is 74.2 cm³/mol. The summed E-state index contributed by atoms with van der Waals surface area (Å²) < 4.78 is 10.8. The summed E-state index contributed by atoms with van der Waals surface area (Å²) in [6.45, 7) is 6.34. The minimum atomic E-state index is 0.239. The third-order valence-electron chi connectivity index (χ3n) is 2.57. The fourth-order valence-electron chi connectivity index (χ4n) is 1.58. The second-order valence-corrected chi connectivity index (χ2v) is 5.64. The van der Waals surface area contributed by atoms with Crippen LogP contribution in [0, 0.1) is 6.92 Å². The van der Waals surface area contributed by atoms with Gasteiger partial charge in [-0.25, -0.2) is 0 Å². The van der Waals surface area contributed by atoms with E-state index in [9.17, 15) is 0 Å². The summed E-state index contributed by atoms with van der Waals surface area (Å²) in [6.07, 6.45) is 1.73. The molecule has 0 aromatic carbocycles. The Kier molecular flexibility index (Phi) is 4.79. The van der Waals surface area contributed by atoms with Gasteiger partial charge in [0, 0.05) is 6.20 Å². The van der Waals surface area contributed by atoms with Gasteiger partial charge in [-0.15, -0.1) is 0 Å². The van der Waals surface area contributed by atoms with Crippen molar-refractivity contribution >= 4 is 11.8 Å². The number of aryl methyl sites for hydroxylation is 1. The highest BCUT2D eigenvalue weighted by atomic mass is 32.2. The van der Waals surface area contributed by atoms with Gasteiger partial charge in [0.05, 0.1) is 10.9 Å². The lowest BCUT2D eigenvalue weighted by Gasteiger charge is -2.05. The minimum Gasteiger partial charge on any atom is -0.482 e. The molecule has 0 N–H and O–H groups in total. The Balaban J connectivity index is 1.95. The zero-order valence-corrected chi connectivity index (χ0v) is 12.1. The molecule has 5 nitrogen and oxygen atoms in total. The Morgan fingerprint density at radius 2 is 2.32 bits per heavy atom. The zero-order chi connectivity index (χ0) is 13.7. The van der Waals surface area contributed by atoms with Crippen LogP contribution in [0.5, 0.6) is 5.75 Å². The zero-order valence-electron chi connectivity index (χ0n) is 11.3. The summed E-state index contributed by atoms with van der Waals surface area (Å²) in [5.41, 5.74) is 0.845. The first-order chi connectivity index (χ1) is 9.20. The normalized spacial score (nSPS) is 12.4. The summed E-state index contributed by atoms with van der Waals surface area (Å²) in [5, 5.41) is 4.21. The van der Waals surface area contributed by atoms with Gasteiger partial charge in [-0.1, -0.05) is 12.1 Å². The van der Waals surface area contributed by atoms with Crippen LogP contribution in [0.1, 0.15) is 36.5 Å². The number of ether oxygens (including phenoxy) is 1. The molecule has 6 heteroatoms. The lowest BCUT2D eigenvalue weighted by atomic mass is 10.3. The molecule has 2 heterocycles. The van der Waals surface area contributed by atoms with Gasteiger partial charge >= 0.3 is 0 Å². The molecule has 1 unspecified atom stereocenters. The molecule has 0 amide bonds. The van der Waals surface area contributed by atoms with E-state index in [4.69, 9.17) is 9.26 Å². The first-order valence-corrected chi connectivity index (χ1v) is 7.24. The van der Waals surface area contributed by atoms with E-state index >= 15 is 0 Å². The van der Waals surface area contributed by atoms with Gasteiger partial charge in [-0.3, -0.25) is 4.98 Å². The van der Waals surface area contributed by atoms with Crippen molar-refractivity contribution in [1.82, 2.24) is 15.1 Å². The first-order valence-electron chi connectivity index (χ1n) is 6.19. The van der Waals surface area contributed by atoms with Crippen LogP contribution in [0.3, 0.4) is 0 Å². The van der Waals surface area contributed by atoms with Crippen molar-refractivity contribution < 1.29 is 9.26 Å². The van der Waals surface area contributed by atoms with E-state index in [1.54, 1.807) is 18.0 Å². The van der Waals surface area contributed by atoms with E-state index in [1.165, 1.54) is 0 Å². The quantitative estimate of drug-likeness (QED) is 0.809. The molecule has 2 rings (SSSR count). The number of aromatic nitrogens is 3. The number of hydrogen-bond acceptors (Lipinski definition) is 6. The average molecular weight is 279 g/mol. The third-order valence-corrected chi connectivity index (χ3v) is 3.62. The number of thioether (sulfide) groups is 1. The molecule has 0 radical (unpaired) electrons. The van der Waals surface area contributed by atoms with E-state index in [2.05, 4.69) is 29.0 Å².